The van der Waals surface area contributed by atoms with Crippen LogP contribution in [-0.4, -0.2) is 17.7 Å². The van der Waals surface area contributed by atoms with Gasteiger partial charge in [-0.2, -0.15) is 0 Å². The third-order valence-electron chi connectivity index (χ3n) is 2.23. The van der Waals surface area contributed by atoms with Crippen molar-refractivity contribution in [1.29, 1.82) is 0 Å². The number of carbonyl (C=O) groups excluding carboxylic acids is 2. The SMILES string of the molecule is CC(C)CC(=O)C(F)C(=O)c1cccc(Cl)c1. The lowest BCUT2D eigenvalue weighted by Crippen LogP contribution is -2.26. The number of halogens is 2. The van der Waals surface area contributed by atoms with Crippen molar-refractivity contribution in [2.45, 2.75) is 26.4 Å². The standard InChI is InChI=1S/C13H14ClFO2/c1-8(2)6-11(16)12(15)13(17)9-4-3-5-10(14)7-9/h3-5,7-8,12H,6H2,1-2H3. The molecule has 0 aromatic heterocycles. The van der Waals surface area contributed by atoms with Gasteiger partial charge in [0, 0.05) is 17.0 Å². The van der Waals surface area contributed by atoms with Gasteiger partial charge in [-0.3, -0.25) is 9.59 Å². The first kappa shape index (κ1) is 13.8. The minimum Gasteiger partial charge on any atom is -0.296 e. The van der Waals surface area contributed by atoms with E-state index in [-0.39, 0.29) is 17.9 Å². The Bertz CT molecular complexity index is 429. The van der Waals surface area contributed by atoms with Crippen molar-refractivity contribution in [1.82, 2.24) is 0 Å². The van der Waals surface area contributed by atoms with E-state index in [4.69, 9.17) is 11.6 Å². The highest BCUT2D eigenvalue weighted by Gasteiger charge is 2.27. The Labute approximate surface area is 105 Å². The molecule has 1 aromatic rings. The van der Waals surface area contributed by atoms with Crippen LogP contribution in [0.4, 0.5) is 4.39 Å². The van der Waals surface area contributed by atoms with Crippen LogP contribution in [0.3, 0.4) is 0 Å². The van der Waals surface area contributed by atoms with Gasteiger partial charge in [0.25, 0.3) is 0 Å². The summed E-state index contributed by atoms with van der Waals surface area (Å²) in [4.78, 5) is 23.1. The Hall–Kier alpha value is -1.22. The Kier molecular flexibility index (Phi) is 4.82. The highest BCUT2D eigenvalue weighted by Crippen LogP contribution is 2.15. The molecule has 2 nitrogen and oxygen atoms in total. The van der Waals surface area contributed by atoms with E-state index in [1.165, 1.54) is 12.1 Å². The fraction of sp³-hybridized carbons (Fsp3) is 0.385. The zero-order valence-electron chi connectivity index (χ0n) is 9.74. The van der Waals surface area contributed by atoms with E-state index in [0.29, 0.717) is 5.02 Å². The van der Waals surface area contributed by atoms with Gasteiger partial charge in [-0.15, -0.1) is 0 Å². The molecule has 0 aliphatic carbocycles. The molecule has 1 aromatic carbocycles. The van der Waals surface area contributed by atoms with E-state index in [2.05, 4.69) is 0 Å². The topological polar surface area (TPSA) is 34.1 Å². The van der Waals surface area contributed by atoms with E-state index in [1.807, 2.05) is 0 Å². The summed E-state index contributed by atoms with van der Waals surface area (Å²) < 4.78 is 13.6. The maximum absolute atomic E-state index is 13.6. The molecule has 0 saturated heterocycles. The minimum absolute atomic E-state index is 0.0351. The van der Waals surface area contributed by atoms with Crippen LogP contribution < -0.4 is 0 Å². The monoisotopic (exact) mass is 256 g/mol. The highest BCUT2D eigenvalue weighted by molar-refractivity contribution is 6.31. The molecule has 92 valence electrons. The molecule has 0 fully saturated rings. The maximum atomic E-state index is 13.6. The van der Waals surface area contributed by atoms with Crippen LogP contribution in [0.15, 0.2) is 24.3 Å². The number of ketones is 2. The lowest BCUT2D eigenvalue weighted by atomic mass is 9.98. The van der Waals surface area contributed by atoms with Gasteiger partial charge in [0.2, 0.25) is 12.0 Å². The van der Waals surface area contributed by atoms with Crippen molar-refractivity contribution in [3.8, 4) is 0 Å². The molecule has 0 heterocycles. The molecule has 0 amide bonds. The zero-order valence-corrected chi connectivity index (χ0v) is 10.5. The first-order chi connectivity index (χ1) is 7.91. The van der Waals surface area contributed by atoms with Crippen LogP contribution in [0.25, 0.3) is 0 Å². The Balaban J connectivity index is 2.80. The second-order valence-electron chi connectivity index (χ2n) is 4.30. The quantitative estimate of drug-likeness (QED) is 0.597. The molecular formula is C13H14ClFO2. The maximum Gasteiger partial charge on any atom is 0.220 e. The molecule has 0 aliphatic heterocycles. The van der Waals surface area contributed by atoms with Crippen molar-refractivity contribution >= 4 is 23.2 Å². The third-order valence-corrected chi connectivity index (χ3v) is 2.47. The second-order valence-corrected chi connectivity index (χ2v) is 4.74. The Morgan fingerprint density at radius 3 is 2.53 bits per heavy atom. The van der Waals surface area contributed by atoms with Crippen LogP contribution >= 0.6 is 11.6 Å². The first-order valence-corrected chi connectivity index (χ1v) is 5.76. The van der Waals surface area contributed by atoms with Crippen LogP contribution in [0.5, 0.6) is 0 Å². The Morgan fingerprint density at radius 2 is 2.00 bits per heavy atom. The largest absolute Gasteiger partial charge is 0.296 e. The fourth-order valence-electron chi connectivity index (χ4n) is 1.44. The number of Topliss-reactive ketones (excluding diaryl/α,β-unsaturated/α-hetero) is 2. The number of hydrogen-bond donors (Lipinski definition) is 0. The van der Waals surface area contributed by atoms with Crippen molar-refractivity contribution in [3.05, 3.63) is 34.9 Å². The zero-order chi connectivity index (χ0) is 13.0. The van der Waals surface area contributed by atoms with Gasteiger partial charge >= 0.3 is 0 Å². The summed E-state index contributed by atoms with van der Waals surface area (Å²) in [5, 5.41) is 0.347. The molecular weight excluding hydrogens is 243 g/mol. The molecule has 0 spiro atoms. The number of alkyl halides is 1. The average Bonchev–Trinajstić information content (AvgIpc) is 2.26. The van der Waals surface area contributed by atoms with Crippen LogP contribution in [0.2, 0.25) is 5.02 Å². The normalized spacial score (nSPS) is 12.5. The molecule has 1 unspecified atom stereocenters. The Morgan fingerprint density at radius 1 is 1.35 bits per heavy atom. The summed E-state index contributed by atoms with van der Waals surface area (Å²) in [5.41, 5.74) is 0.127. The molecule has 0 N–H and O–H groups in total. The van der Waals surface area contributed by atoms with E-state index in [9.17, 15) is 14.0 Å². The molecule has 17 heavy (non-hydrogen) atoms. The summed E-state index contributed by atoms with van der Waals surface area (Å²) in [6, 6.07) is 5.94. The van der Waals surface area contributed by atoms with E-state index in [1.54, 1.807) is 26.0 Å². The van der Waals surface area contributed by atoms with Crippen LogP contribution in [0.1, 0.15) is 30.6 Å². The van der Waals surface area contributed by atoms with Crippen LogP contribution in [-0.2, 0) is 4.79 Å². The number of benzene rings is 1. The van der Waals surface area contributed by atoms with Crippen LogP contribution in [0, 0.1) is 5.92 Å². The predicted octanol–water partition coefficient (Wildman–Crippen LogP) is 3.48. The van der Waals surface area contributed by atoms with Gasteiger partial charge < -0.3 is 0 Å². The van der Waals surface area contributed by atoms with Gasteiger partial charge in [-0.25, -0.2) is 4.39 Å². The third kappa shape index (κ3) is 3.93. The number of carbonyl (C=O) groups is 2. The lowest BCUT2D eigenvalue weighted by molar-refractivity contribution is -0.122. The average molecular weight is 257 g/mol. The summed E-state index contributed by atoms with van der Waals surface area (Å²) in [6.45, 7) is 3.60. The molecule has 1 rings (SSSR count). The van der Waals surface area contributed by atoms with Gasteiger partial charge in [0.15, 0.2) is 5.78 Å². The summed E-state index contributed by atoms with van der Waals surface area (Å²) >= 11 is 5.70. The smallest absolute Gasteiger partial charge is 0.220 e. The summed E-state index contributed by atoms with van der Waals surface area (Å²) in [7, 11) is 0. The van der Waals surface area contributed by atoms with Gasteiger partial charge in [0.1, 0.15) is 0 Å². The van der Waals surface area contributed by atoms with Gasteiger partial charge in [-0.05, 0) is 18.1 Å². The predicted molar refractivity (Wildman–Crippen MR) is 65.1 cm³/mol. The van der Waals surface area contributed by atoms with Crippen molar-refractivity contribution in [2.75, 3.05) is 0 Å². The minimum atomic E-state index is -2.09. The van der Waals surface area contributed by atoms with Crippen molar-refractivity contribution in [3.63, 3.8) is 0 Å². The van der Waals surface area contributed by atoms with E-state index >= 15 is 0 Å². The van der Waals surface area contributed by atoms with Crippen molar-refractivity contribution in [2.24, 2.45) is 5.92 Å². The number of hydrogen-bond acceptors (Lipinski definition) is 2. The molecule has 0 saturated carbocycles. The summed E-state index contributed by atoms with van der Waals surface area (Å²) in [5.74, 6) is -1.46. The highest BCUT2D eigenvalue weighted by atomic mass is 35.5. The molecule has 4 heteroatoms. The first-order valence-electron chi connectivity index (χ1n) is 5.38. The van der Waals surface area contributed by atoms with Gasteiger partial charge in [-0.1, -0.05) is 37.6 Å². The lowest BCUT2D eigenvalue weighted by Gasteiger charge is -2.08. The summed E-state index contributed by atoms with van der Waals surface area (Å²) in [6.07, 6.45) is -2.02. The number of rotatable bonds is 5. The molecule has 0 aliphatic rings. The van der Waals surface area contributed by atoms with Crippen molar-refractivity contribution < 1.29 is 14.0 Å². The molecule has 0 bridgehead atoms. The molecule has 1 atom stereocenters. The van der Waals surface area contributed by atoms with E-state index < -0.39 is 17.7 Å². The molecule has 0 radical (unpaired) electrons. The fourth-order valence-corrected chi connectivity index (χ4v) is 1.63. The van der Waals surface area contributed by atoms with E-state index in [0.717, 1.165) is 0 Å². The van der Waals surface area contributed by atoms with Gasteiger partial charge in [0.05, 0.1) is 0 Å². The second kappa shape index (κ2) is 5.92.